The standard InChI is InChI=1S/C48H63FN6O7SSi/c1-30(2)64(31(3)4,32(5)6)21-14-37-38(49)13-12-33-22-36(60-29-57-8)23-39(40(33)37)61-45-50-41-42(51-44(52-43(41)63-45)59-28-48-17-10-19-54(48)20-11-18-48)53-24-34-26-58-27-35(25-53)55(34)46(56)62-47(7)15-9-16-47/h12-13,22-23,30-32,34-35H,9-11,15-20,24-29H2,1-8H3. The molecule has 4 aliphatic heterocycles. The summed E-state index contributed by atoms with van der Waals surface area (Å²) in [5.74, 6) is 4.42. The number of hydrogen-bond donors (Lipinski definition) is 0. The molecule has 9 rings (SSSR count). The average molecular weight is 915 g/mol. The van der Waals surface area contributed by atoms with Gasteiger partial charge in [0.15, 0.2) is 17.4 Å². The molecular formula is C48H63FN6O7SSi. The first-order valence-electron chi connectivity index (χ1n) is 23.2. The van der Waals surface area contributed by atoms with E-state index < -0.39 is 19.5 Å². The summed E-state index contributed by atoms with van der Waals surface area (Å²) in [6.07, 6.45) is 7.01. The minimum Gasteiger partial charge on any atom is -0.467 e. The molecule has 2 aromatic heterocycles. The van der Waals surface area contributed by atoms with Crippen molar-refractivity contribution in [3.8, 4) is 34.2 Å². The first-order chi connectivity index (χ1) is 30.7. The second-order valence-corrected chi connectivity index (χ2v) is 26.3. The van der Waals surface area contributed by atoms with E-state index in [1.807, 2.05) is 17.9 Å². The third-order valence-corrected chi connectivity index (χ3v) is 21.9. The number of anilines is 1. The first kappa shape index (κ1) is 44.9. The molecule has 6 heterocycles. The van der Waals surface area contributed by atoms with Crippen LogP contribution in [-0.4, -0.2) is 122 Å². The zero-order chi connectivity index (χ0) is 45.0. The number of hydrogen-bond acceptors (Lipinski definition) is 13. The van der Waals surface area contributed by atoms with Gasteiger partial charge in [0, 0.05) is 31.7 Å². The minimum atomic E-state index is -2.24. The Bertz CT molecular complexity index is 2410. The quantitative estimate of drug-likeness (QED) is 0.0722. The number of nitrogens with zero attached hydrogens (tertiary/aromatic N) is 6. The van der Waals surface area contributed by atoms with E-state index in [4.69, 9.17) is 43.4 Å². The topological polar surface area (TPSA) is 121 Å². The van der Waals surface area contributed by atoms with Crippen molar-refractivity contribution in [2.24, 2.45) is 0 Å². The molecule has 4 aromatic rings. The van der Waals surface area contributed by atoms with E-state index in [1.54, 1.807) is 19.2 Å². The molecule has 1 amide bonds. The van der Waals surface area contributed by atoms with Crippen molar-refractivity contribution in [2.75, 3.05) is 64.8 Å². The molecule has 4 saturated heterocycles. The number of carbonyl (C=O) groups is 1. The van der Waals surface area contributed by atoms with Gasteiger partial charge in [-0.1, -0.05) is 64.9 Å². The maximum atomic E-state index is 16.2. The van der Waals surface area contributed by atoms with Crippen molar-refractivity contribution >= 4 is 52.4 Å². The molecule has 1 aliphatic carbocycles. The lowest BCUT2D eigenvalue weighted by Gasteiger charge is -2.50. The summed E-state index contributed by atoms with van der Waals surface area (Å²) in [4.78, 5) is 36.1. The number of halogens is 1. The van der Waals surface area contributed by atoms with Crippen LogP contribution >= 0.6 is 11.3 Å². The van der Waals surface area contributed by atoms with Gasteiger partial charge in [-0.15, -0.1) is 5.54 Å². The second kappa shape index (κ2) is 17.8. The van der Waals surface area contributed by atoms with Gasteiger partial charge < -0.3 is 33.3 Å². The van der Waals surface area contributed by atoms with Crippen LogP contribution in [0.4, 0.5) is 15.0 Å². The summed E-state index contributed by atoms with van der Waals surface area (Å²) < 4.78 is 52.9. The van der Waals surface area contributed by atoms with Crippen LogP contribution in [-0.2, 0) is 14.2 Å². The minimum absolute atomic E-state index is 0.00757. The number of rotatable bonds is 13. The van der Waals surface area contributed by atoms with E-state index in [9.17, 15) is 4.79 Å². The molecule has 2 atom stereocenters. The SMILES string of the molecule is COCOc1cc(Oc2nc3c(N4CC5COCC(C4)N5C(=O)OC4(C)CCC4)nc(OCC45CCCN4CCC5)nc3s2)c2c(C#C[Si](C(C)C)(C(C)C)C(C)C)c(F)ccc2c1. The fourth-order valence-corrected chi connectivity index (χ4v) is 17.4. The molecule has 0 spiro atoms. The number of piperazine rings is 1. The van der Waals surface area contributed by atoms with Crippen LogP contribution in [0, 0.1) is 17.3 Å². The van der Waals surface area contributed by atoms with E-state index in [0.29, 0.717) is 93.2 Å². The van der Waals surface area contributed by atoms with Crippen LogP contribution in [0.15, 0.2) is 24.3 Å². The van der Waals surface area contributed by atoms with Crippen molar-refractivity contribution < 1.29 is 37.6 Å². The molecule has 1 saturated carbocycles. The Kier molecular flexibility index (Phi) is 12.5. The summed E-state index contributed by atoms with van der Waals surface area (Å²) in [7, 11) is -0.674. The Morgan fingerprint density at radius 3 is 2.30 bits per heavy atom. The smallest absolute Gasteiger partial charge is 0.411 e. The highest BCUT2D eigenvalue weighted by molar-refractivity contribution is 7.19. The molecule has 64 heavy (non-hydrogen) atoms. The van der Waals surface area contributed by atoms with Crippen LogP contribution in [0.5, 0.6) is 22.7 Å². The Labute approximate surface area is 381 Å². The van der Waals surface area contributed by atoms with Gasteiger partial charge in [-0.25, -0.2) is 9.18 Å². The Balaban J connectivity index is 1.11. The lowest BCUT2D eigenvalue weighted by atomic mass is 9.82. The van der Waals surface area contributed by atoms with E-state index in [-0.39, 0.29) is 42.1 Å². The van der Waals surface area contributed by atoms with E-state index in [1.165, 1.54) is 17.4 Å². The molecule has 2 bridgehead atoms. The number of morpholine rings is 1. The maximum absolute atomic E-state index is 16.2. The molecule has 0 radical (unpaired) electrons. The molecule has 13 nitrogen and oxygen atoms in total. The number of carbonyl (C=O) groups excluding carboxylic acids is 1. The zero-order valence-electron chi connectivity index (χ0n) is 38.6. The predicted octanol–water partition coefficient (Wildman–Crippen LogP) is 9.70. The van der Waals surface area contributed by atoms with Gasteiger partial charge in [-0.3, -0.25) is 9.80 Å². The van der Waals surface area contributed by atoms with Crippen LogP contribution < -0.4 is 19.1 Å². The fourth-order valence-electron chi connectivity index (χ4n) is 11.4. The van der Waals surface area contributed by atoms with Crippen LogP contribution in [0.1, 0.15) is 99.0 Å². The van der Waals surface area contributed by atoms with Gasteiger partial charge >= 0.3 is 12.1 Å². The number of thiazole rings is 1. The van der Waals surface area contributed by atoms with Crippen molar-refractivity contribution in [3.63, 3.8) is 0 Å². The molecule has 2 aromatic carbocycles. The summed E-state index contributed by atoms with van der Waals surface area (Å²) in [5.41, 5.74) is 5.23. The molecule has 16 heteroatoms. The van der Waals surface area contributed by atoms with Crippen molar-refractivity contribution in [2.45, 2.75) is 133 Å². The normalized spacial score (nSPS) is 21.6. The summed E-state index contributed by atoms with van der Waals surface area (Å²) in [5, 5.41) is 1.54. The second-order valence-electron chi connectivity index (χ2n) is 19.7. The van der Waals surface area contributed by atoms with Crippen molar-refractivity contribution in [1.29, 1.82) is 0 Å². The summed E-state index contributed by atoms with van der Waals surface area (Å²) in [6, 6.07) is 6.56. The number of fused-ring (bicyclic) bond motifs is 5. The lowest BCUT2D eigenvalue weighted by molar-refractivity contribution is -0.0908. The number of aromatic nitrogens is 3. The third-order valence-electron chi connectivity index (χ3n) is 14.8. The molecule has 5 aliphatic rings. The van der Waals surface area contributed by atoms with E-state index >= 15 is 4.39 Å². The number of methoxy groups -OCH3 is 1. The third kappa shape index (κ3) is 8.29. The lowest BCUT2D eigenvalue weighted by Crippen LogP contribution is -2.67. The molecule has 0 N–H and O–H groups in total. The van der Waals surface area contributed by atoms with Gasteiger partial charge in [-0.2, -0.15) is 15.0 Å². The zero-order valence-corrected chi connectivity index (χ0v) is 40.4. The van der Waals surface area contributed by atoms with Gasteiger partial charge in [0.1, 0.15) is 43.1 Å². The Hall–Kier alpha value is -4.27. The molecule has 344 valence electrons. The number of amides is 1. The molecular weight excluding hydrogens is 852 g/mol. The van der Waals surface area contributed by atoms with Crippen LogP contribution in [0.25, 0.3) is 21.1 Å². The molecule has 5 fully saturated rings. The molecule has 2 unspecified atom stereocenters. The predicted molar refractivity (Wildman–Crippen MR) is 249 cm³/mol. The van der Waals surface area contributed by atoms with Crippen molar-refractivity contribution in [3.05, 3.63) is 35.6 Å². The Morgan fingerprint density at radius 1 is 0.953 bits per heavy atom. The highest BCUT2D eigenvalue weighted by Crippen LogP contribution is 2.45. The van der Waals surface area contributed by atoms with E-state index in [2.05, 4.69) is 62.8 Å². The van der Waals surface area contributed by atoms with Gasteiger partial charge in [0.2, 0.25) is 0 Å². The van der Waals surface area contributed by atoms with E-state index in [0.717, 1.165) is 58.0 Å². The Morgan fingerprint density at radius 2 is 1.66 bits per heavy atom. The van der Waals surface area contributed by atoms with Gasteiger partial charge in [0.25, 0.3) is 5.19 Å². The van der Waals surface area contributed by atoms with Crippen LogP contribution in [0.3, 0.4) is 0 Å². The monoisotopic (exact) mass is 914 g/mol. The number of ether oxygens (including phenoxy) is 6. The first-order valence-corrected chi connectivity index (χ1v) is 26.3. The van der Waals surface area contributed by atoms with Gasteiger partial charge in [0.05, 0.1) is 36.4 Å². The average Bonchev–Trinajstić information content (AvgIpc) is 3.96. The number of benzene rings is 2. The van der Waals surface area contributed by atoms with Crippen LogP contribution in [0.2, 0.25) is 16.6 Å². The summed E-state index contributed by atoms with van der Waals surface area (Å²) in [6.45, 7) is 19.9. The largest absolute Gasteiger partial charge is 0.467 e. The maximum Gasteiger partial charge on any atom is 0.411 e. The fraction of sp³-hybridized carbons (Fsp3) is 0.625. The van der Waals surface area contributed by atoms with Gasteiger partial charge in [-0.05, 0) is 99.1 Å². The highest BCUT2D eigenvalue weighted by atomic mass is 32.1. The van der Waals surface area contributed by atoms with Crippen molar-refractivity contribution in [1.82, 2.24) is 24.8 Å². The highest BCUT2D eigenvalue weighted by Gasteiger charge is 2.47. The summed E-state index contributed by atoms with van der Waals surface area (Å²) >= 11 is 1.27.